The Kier molecular flexibility index (Phi) is 3.67. The molecule has 1 heterocycles. The zero-order chi connectivity index (χ0) is 14.8. The summed E-state index contributed by atoms with van der Waals surface area (Å²) in [5.41, 5.74) is 3.30. The van der Waals surface area contributed by atoms with Crippen molar-refractivity contribution in [1.82, 2.24) is 0 Å². The number of terminal acetylenes is 2. The second-order valence-corrected chi connectivity index (χ2v) is 5.22. The summed E-state index contributed by atoms with van der Waals surface area (Å²) in [6.07, 6.45) is 10.4. The minimum Gasteiger partial charge on any atom is -0.358 e. The van der Waals surface area contributed by atoms with E-state index in [0.29, 0.717) is 6.61 Å². The van der Waals surface area contributed by atoms with Gasteiger partial charge >= 0.3 is 0 Å². The topological polar surface area (TPSA) is 18.5 Å². The first-order chi connectivity index (χ1) is 10.2. The van der Waals surface area contributed by atoms with Crippen LogP contribution in [0.3, 0.4) is 0 Å². The fraction of sp³-hybridized carbons (Fsp3) is 0.263. The Morgan fingerprint density at radius 3 is 2.90 bits per heavy atom. The highest BCUT2D eigenvalue weighted by Gasteiger charge is 2.24. The molecule has 0 spiro atoms. The molecule has 0 aromatic heterocycles. The molecule has 21 heavy (non-hydrogen) atoms. The van der Waals surface area contributed by atoms with Gasteiger partial charge in [-0.05, 0) is 35.4 Å². The van der Waals surface area contributed by atoms with Crippen LogP contribution in [-0.2, 0) is 9.47 Å². The maximum absolute atomic E-state index is 5.82. The fourth-order valence-corrected chi connectivity index (χ4v) is 2.75. The maximum atomic E-state index is 5.82. The van der Waals surface area contributed by atoms with Gasteiger partial charge in [-0.15, -0.1) is 12.8 Å². The van der Waals surface area contributed by atoms with Crippen LogP contribution in [0, 0.1) is 31.6 Å². The van der Waals surface area contributed by atoms with Crippen molar-refractivity contribution in [3.8, 4) is 24.7 Å². The van der Waals surface area contributed by atoms with Gasteiger partial charge in [0.05, 0.1) is 6.61 Å². The van der Waals surface area contributed by atoms with Gasteiger partial charge in [0.15, 0.2) is 0 Å². The summed E-state index contributed by atoms with van der Waals surface area (Å²) in [6.45, 7) is 2.75. The van der Waals surface area contributed by atoms with Crippen molar-refractivity contribution in [3.05, 3.63) is 47.0 Å². The molecule has 0 radical (unpaired) electrons. The lowest BCUT2D eigenvalue weighted by Crippen LogP contribution is -2.11. The average molecular weight is 276 g/mol. The standard InChI is InChI=1S/C19H16O2/c1-4-8-20-19-12-21-18(5-2)17-11-15(19)10-14-9-13(3)6-7-16(14)17/h1-2,6-7,9-11,18-19H,8,12H2,3H3. The van der Waals surface area contributed by atoms with Crippen molar-refractivity contribution in [1.29, 1.82) is 0 Å². The Labute approximate surface area is 125 Å². The Hall–Kier alpha value is -2.26. The molecule has 2 nitrogen and oxygen atoms in total. The Morgan fingerprint density at radius 2 is 2.14 bits per heavy atom. The van der Waals surface area contributed by atoms with E-state index in [1.165, 1.54) is 5.56 Å². The molecule has 2 bridgehead atoms. The number of aryl methyl sites for hydroxylation is 1. The summed E-state index contributed by atoms with van der Waals surface area (Å²) in [5.74, 6) is 5.21. The molecule has 0 aliphatic carbocycles. The van der Waals surface area contributed by atoms with E-state index < -0.39 is 0 Å². The molecule has 2 heteroatoms. The Morgan fingerprint density at radius 1 is 1.29 bits per heavy atom. The van der Waals surface area contributed by atoms with Crippen LogP contribution in [-0.4, -0.2) is 13.2 Å². The van der Waals surface area contributed by atoms with E-state index in [-0.39, 0.29) is 18.8 Å². The molecule has 0 amide bonds. The summed E-state index contributed by atoms with van der Waals surface area (Å²) in [5, 5.41) is 2.28. The van der Waals surface area contributed by atoms with Crippen molar-refractivity contribution in [2.45, 2.75) is 19.1 Å². The van der Waals surface area contributed by atoms with Crippen LogP contribution in [0.15, 0.2) is 30.3 Å². The molecular formula is C19H16O2. The van der Waals surface area contributed by atoms with Crippen LogP contribution in [0.4, 0.5) is 0 Å². The smallest absolute Gasteiger partial charge is 0.143 e. The van der Waals surface area contributed by atoms with Gasteiger partial charge < -0.3 is 9.47 Å². The normalized spacial score (nSPS) is 20.5. The largest absolute Gasteiger partial charge is 0.358 e. The van der Waals surface area contributed by atoms with Gasteiger partial charge in [-0.1, -0.05) is 35.6 Å². The number of hydrogen-bond donors (Lipinski definition) is 0. The van der Waals surface area contributed by atoms with Gasteiger partial charge in [0.25, 0.3) is 0 Å². The van der Waals surface area contributed by atoms with Crippen molar-refractivity contribution in [2.24, 2.45) is 0 Å². The molecule has 0 saturated carbocycles. The van der Waals surface area contributed by atoms with Gasteiger partial charge in [0.2, 0.25) is 0 Å². The third-order valence-electron chi connectivity index (χ3n) is 3.75. The van der Waals surface area contributed by atoms with E-state index in [9.17, 15) is 0 Å². The third kappa shape index (κ3) is 2.52. The van der Waals surface area contributed by atoms with E-state index in [0.717, 1.165) is 21.9 Å². The molecule has 2 aromatic carbocycles. The summed E-state index contributed by atoms with van der Waals surface area (Å²) < 4.78 is 11.5. The molecule has 104 valence electrons. The number of rotatable bonds is 2. The fourth-order valence-electron chi connectivity index (χ4n) is 2.75. The summed E-state index contributed by atoms with van der Waals surface area (Å²) >= 11 is 0. The van der Waals surface area contributed by atoms with E-state index in [1.807, 2.05) is 0 Å². The lowest BCUT2D eigenvalue weighted by atomic mass is 9.95. The first-order valence-electron chi connectivity index (χ1n) is 6.90. The molecule has 2 unspecified atom stereocenters. The first-order valence-corrected chi connectivity index (χ1v) is 6.90. The minimum atomic E-state index is -0.352. The molecule has 0 N–H and O–H groups in total. The van der Waals surface area contributed by atoms with Crippen LogP contribution >= 0.6 is 0 Å². The molecule has 2 aromatic rings. The monoisotopic (exact) mass is 276 g/mol. The average Bonchev–Trinajstić information content (AvgIpc) is 2.62. The summed E-state index contributed by atoms with van der Waals surface area (Å²) in [4.78, 5) is 0. The van der Waals surface area contributed by atoms with Gasteiger partial charge in [-0.3, -0.25) is 0 Å². The van der Waals surface area contributed by atoms with Crippen molar-refractivity contribution >= 4 is 10.8 Å². The first kappa shape index (κ1) is 13.7. The van der Waals surface area contributed by atoms with Crippen LogP contribution < -0.4 is 0 Å². The number of benzene rings is 2. The van der Waals surface area contributed by atoms with Crippen molar-refractivity contribution in [3.63, 3.8) is 0 Å². The molecule has 1 aliphatic rings. The van der Waals surface area contributed by atoms with Crippen LogP contribution in [0.1, 0.15) is 28.9 Å². The van der Waals surface area contributed by atoms with Gasteiger partial charge in [0, 0.05) is 5.56 Å². The summed E-state index contributed by atoms with van der Waals surface area (Å²) in [7, 11) is 0. The highest BCUT2D eigenvalue weighted by molar-refractivity contribution is 5.88. The van der Waals surface area contributed by atoms with Crippen LogP contribution in [0.2, 0.25) is 0 Å². The second-order valence-electron chi connectivity index (χ2n) is 5.22. The zero-order valence-electron chi connectivity index (χ0n) is 11.9. The second kappa shape index (κ2) is 5.62. The highest BCUT2D eigenvalue weighted by Crippen LogP contribution is 2.35. The van der Waals surface area contributed by atoms with Crippen molar-refractivity contribution in [2.75, 3.05) is 13.2 Å². The Balaban J connectivity index is 2.17. The maximum Gasteiger partial charge on any atom is 0.143 e. The third-order valence-corrected chi connectivity index (χ3v) is 3.75. The van der Waals surface area contributed by atoms with Crippen LogP contribution in [0.25, 0.3) is 10.8 Å². The molecule has 2 atom stereocenters. The number of ether oxygens (including phenoxy) is 2. The quantitative estimate of drug-likeness (QED) is 0.781. The molecule has 1 aliphatic heterocycles. The molecular weight excluding hydrogens is 260 g/mol. The predicted molar refractivity (Wildman–Crippen MR) is 83.7 cm³/mol. The highest BCUT2D eigenvalue weighted by atomic mass is 16.5. The molecule has 3 rings (SSSR count). The van der Waals surface area contributed by atoms with E-state index in [2.05, 4.69) is 49.1 Å². The van der Waals surface area contributed by atoms with Gasteiger partial charge in [0.1, 0.15) is 18.8 Å². The number of hydrogen-bond acceptors (Lipinski definition) is 2. The lowest BCUT2D eigenvalue weighted by Gasteiger charge is -2.15. The predicted octanol–water partition coefficient (Wildman–Crippen LogP) is 3.54. The Bertz CT molecular complexity index is 761. The summed E-state index contributed by atoms with van der Waals surface area (Å²) in [6, 6.07) is 10.6. The lowest BCUT2D eigenvalue weighted by molar-refractivity contribution is -0.0171. The van der Waals surface area contributed by atoms with E-state index >= 15 is 0 Å². The van der Waals surface area contributed by atoms with Gasteiger partial charge in [-0.2, -0.15) is 0 Å². The zero-order valence-corrected chi connectivity index (χ0v) is 11.9. The van der Waals surface area contributed by atoms with Gasteiger partial charge in [-0.25, -0.2) is 0 Å². The number of fused-ring (bicyclic) bond motifs is 4. The molecule has 0 saturated heterocycles. The van der Waals surface area contributed by atoms with E-state index in [4.69, 9.17) is 22.3 Å². The van der Waals surface area contributed by atoms with Crippen LogP contribution in [0.5, 0.6) is 0 Å². The van der Waals surface area contributed by atoms with Crippen molar-refractivity contribution < 1.29 is 9.47 Å². The van der Waals surface area contributed by atoms with E-state index in [1.54, 1.807) is 0 Å². The SMILES string of the molecule is C#CCOC1COC(C#C)c2cc1cc1cc(C)ccc21. The molecule has 0 fully saturated rings. The minimum absolute atomic E-state index is 0.178.